The van der Waals surface area contributed by atoms with Crippen LogP contribution in [-0.2, 0) is 20.7 Å². The molecule has 0 aliphatic heterocycles. The van der Waals surface area contributed by atoms with E-state index in [-0.39, 0.29) is 13.0 Å². The first-order valence-corrected chi connectivity index (χ1v) is 8.43. The summed E-state index contributed by atoms with van der Waals surface area (Å²) in [5.41, 5.74) is 0.701. The second-order valence-corrected chi connectivity index (χ2v) is 6.96. The molecule has 0 bridgehead atoms. The maximum Gasteiger partial charge on any atom is 0.408 e. The van der Waals surface area contributed by atoms with E-state index in [0.717, 1.165) is 5.39 Å². The number of amides is 2. The van der Waals surface area contributed by atoms with Crippen LogP contribution in [0.15, 0.2) is 30.5 Å². The number of benzene rings is 1. The van der Waals surface area contributed by atoms with Gasteiger partial charge in [0.1, 0.15) is 18.2 Å². The van der Waals surface area contributed by atoms with Crippen molar-refractivity contribution in [1.29, 1.82) is 5.26 Å². The highest BCUT2D eigenvalue weighted by Gasteiger charge is 2.25. The third-order valence-electron chi connectivity index (χ3n) is 3.71. The number of hydrogen-bond acceptors (Lipinski definition) is 5. The fourth-order valence-electron chi connectivity index (χ4n) is 2.66. The SMILES string of the molecule is CC(C)(C)OC(=O)N[C@@H](Cc1cn(C=O)c2ccccc12)C(=O)NCC#N. The molecular weight excluding hydrogens is 348 g/mol. The summed E-state index contributed by atoms with van der Waals surface area (Å²) in [7, 11) is 0. The molecule has 2 aromatic rings. The van der Waals surface area contributed by atoms with Gasteiger partial charge in [-0.15, -0.1) is 0 Å². The van der Waals surface area contributed by atoms with Gasteiger partial charge in [-0.3, -0.25) is 14.2 Å². The zero-order valence-corrected chi connectivity index (χ0v) is 15.5. The molecule has 8 heteroatoms. The summed E-state index contributed by atoms with van der Waals surface area (Å²) in [5, 5.41) is 14.5. The first-order valence-electron chi connectivity index (χ1n) is 8.43. The van der Waals surface area contributed by atoms with Crippen molar-refractivity contribution in [1.82, 2.24) is 15.2 Å². The molecule has 142 valence electrons. The molecule has 0 saturated carbocycles. The van der Waals surface area contributed by atoms with E-state index in [2.05, 4.69) is 10.6 Å². The zero-order valence-electron chi connectivity index (χ0n) is 15.5. The maximum atomic E-state index is 12.4. The summed E-state index contributed by atoms with van der Waals surface area (Å²) in [6.45, 7) is 4.97. The van der Waals surface area contributed by atoms with Gasteiger partial charge in [0.05, 0.1) is 11.6 Å². The third-order valence-corrected chi connectivity index (χ3v) is 3.71. The number of alkyl carbamates (subject to hydrolysis) is 1. The molecule has 8 nitrogen and oxygen atoms in total. The molecule has 0 aliphatic rings. The average Bonchev–Trinajstić information content (AvgIpc) is 2.95. The van der Waals surface area contributed by atoms with E-state index >= 15 is 0 Å². The highest BCUT2D eigenvalue weighted by Crippen LogP contribution is 2.22. The van der Waals surface area contributed by atoms with Crippen molar-refractivity contribution in [2.24, 2.45) is 0 Å². The van der Waals surface area contributed by atoms with E-state index in [1.165, 1.54) is 4.57 Å². The van der Waals surface area contributed by atoms with Crippen LogP contribution in [0.4, 0.5) is 4.79 Å². The Morgan fingerprint density at radius 3 is 2.67 bits per heavy atom. The molecule has 1 atom stereocenters. The van der Waals surface area contributed by atoms with Crippen molar-refractivity contribution in [3.05, 3.63) is 36.0 Å². The van der Waals surface area contributed by atoms with Crippen LogP contribution in [0.25, 0.3) is 10.9 Å². The predicted molar refractivity (Wildman–Crippen MR) is 99.6 cm³/mol. The number of fused-ring (bicyclic) bond motifs is 1. The van der Waals surface area contributed by atoms with Gasteiger partial charge >= 0.3 is 6.09 Å². The van der Waals surface area contributed by atoms with Gasteiger partial charge in [0.2, 0.25) is 12.3 Å². The van der Waals surface area contributed by atoms with Crippen molar-refractivity contribution in [2.75, 3.05) is 6.54 Å². The lowest BCUT2D eigenvalue weighted by atomic mass is 10.0. The maximum absolute atomic E-state index is 12.4. The monoisotopic (exact) mass is 370 g/mol. The van der Waals surface area contributed by atoms with Gasteiger partial charge in [-0.05, 0) is 32.4 Å². The largest absolute Gasteiger partial charge is 0.444 e. The molecule has 1 aromatic heterocycles. The van der Waals surface area contributed by atoms with Gasteiger partial charge < -0.3 is 15.4 Å². The van der Waals surface area contributed by atoms with Gasteiger partial charge in [0, 0.05) is 18.0 Å². The second-order valence-electron chi connectivity index (χ2n) is 6.96. The minimum Gasteiger partial charge on any atom is -0.444 e. The van der Waals surface area contributed by atoms with Gasteiger partial charge in [-0.1, -0.05) is 18.2 Å². The van der Waals surface area contributed by atoms with E-state index in [9.17, 15) is 14.4 Å². The van der Waals surface area contributed by atoms with Crippen LogP contribution in [0.5, 0.6) is 0 Å². The third kappa shape index (κ3) is 5.31. The molecule has 27 heavy (non-hydrogen) atoms. The van der Waals surface area contributed by atoms with Crippen molar-refractivity contribution >= 4 is 29.3 Å². The number of aromatic nitrogens is 1. The van der Waals surface area contributed by atoms with Crippen LogP contribution in [0.2, 0.25) is 0 Å². The van der Waals surface area contributed by atoms with Gasteiger partial charge in [-0.25, -0.2) is 4.79 Å². The first kappa shape index (κ1) is 20.0. The van der Waals surface area contributed by atoms with Crippen LogP contribution in [0.1, 0.15) is 26.3 Å². The van der Waals surface area contributed by atoms with Crippen LogP contribution in [-0.4, -0.2) is 41.2 Å². The highest BCUT2D eigenvalue weighted by atomic mass is 16.6. The van der Waals surface area contributed by atoms with Crippen molar-refractivity contribution in [3.8, 4) is 6.07 Å². The van der Waals surface area contributed by atoms with E-state index in [1.54, 1.807) is 33.0 Å². The minimum atomic E-state index is -0.959. The molecule has 0 radical (unpaired) electrons. The number of carbonyl (C=O) groups is 3. The summed E-state index contributed by atoms with van der Waals surface area (Å²) in [5.74, 6) is -0.509. The molecule has 0 aliphatic carbocycles. The van der Waals surface area contributed by atoms with E-state index in [4.69, 9.17) is 10.00 Å². The molecule has 0 saturated heterocycles. The Morgan fingerprint density at radius 1 is 1.33 bits per heavy atom. The summed E-state index contributed by atoms with van der Waals surface area (Å²) in [6, 6.07) is 8.13. The predicted octanol–water partition coefficient (Wildman–Crippen LogP) is 1.76. The number of nitrogens with zero attached hydrogens (tertiary/aromatic N) is 2. The van der Waals surface area contributed by atoms with Gasteiger partial charge in [0.25, 0.3) is 0 Å². The molecular formula is C19H22N4O4. The molecule has 1 heterocycles. The number of hydrogen-bond donors (Lipinski definition) is 2. The summed E-state index contributed by atoms with van der Waals surface area (Å²) in [4.78, 5) is 35.8. The van der Waals surface area contributed by atoms with Crippen molar-refractivity contribution in [2.45, 2.75) is 38.8 Å². The highest BCUT2D eigenvalue weighted by molar-refractivity contribution is 5.91. The quantitative estimate of drug-likeness (QED) is 0.594. The number of para-hydroxylation sites is 1. The lowest BCUT2D eigenvalue weighted by Crippen LogP contribution is -2.49. The summed E-state index contributed by atoms with van der Waals surface area (Å²) >= 11 is 0. The lowest BCUT2D eigenvalue weighted by Gasteiger charge is -2.23. The number of rotatable bonds is 6. The average molecular weight is 370 g/mol. The first-order chi connectivity index (χ1) is 12.7. The second kappa shape index (κ2) is 8.36. The molecule has 2 N–H and O–H groups in total. The minimum absolute atomic E-state index is 0.137. The number of nitrogens with one attached hydrogen (secondary N) is 2. The number of carbonyl (C=O) groups excluding carboxylic acids is 3. The molecule has 0 unspecified atom stereocenters. The lowest BCUT2D eigenvalue weighted by molar-refractivity contribution is -0.122. The number of nitriles is 1. The zero-order chi connectivity index (χ0) is 20.0. The fraction of sp³-hybridized carbons (Fsp3) is 0.368. The molecule has 2 rings (SSSR count). The van der Waals surface area contributed by atoms with Crippen LogP contribution in [0.3, 0.4) is 0 Å². The van der Waals surface area contributed by atoms with E-state index < -0.39 is 23.6 Å². The Bertz CT molecular complexity index is 889. The van der Waals surface area contributed by atoms with Crippen LogP contribution >= 0.6 is 0 Å². The smallest absolute Gasteiger partial charge is 0.408 e. The van der Waals surface area contributed by atoms with E-state index in [0.29, 0.717) is 17.5 Å². The Kier molecular flexibility index (Phi) is 6.19. The van der Waals surface area contributed by atoms with Crippen LogP contribution < -0.4 is 10.6 Å². The van der Waals surface area contributed by atoms with Crippen molar-refractivity contribution < 1.29 is 19.1 Å². The standard InChI is InChI=1S/C19H22N4O4/c1-19(2,3)27-18(26)22-15(17(25)21-9-8-20)10-13-11-23(12-24)16-7-5-4-6-14(13)16/h4-7,11-12,15H,9-10H2,1-3H3,(H,21,25)(H,22,26)/t15-/m0/s1. The Labute approximate surface area is 157 Å². The topological polar surface area (TPSA) is 113 Å². The Balaban J connectivity index is 2.29. The Morgan fingerprint density at radius 2 is 2.04 bits per heavy atom. The molecule has 2 amide bonds. The van der Waals surface area contributed by atoms with Gasteiger partial charge in [0.15, 0.2) is 0 Å². The Hall–Kier alpha value is -3.34. The van der Waals surface area contributed by atoms with Gasteiger partial charge in [-0.2, -0.15) is 5.26 Å². The summed E-state index contributed by atoms with van der Waals surface area (Å²) < 4.78 is 6.64. The molecule has 0 spiro atoms. The molecule has 1 aromatic carbocycles. The van der Waals surface area contributed by atoms with Crippen molar-refractivity contribution in [3.63, 3.8) is 0 Å². The normalized spacial score (nSPS) is 12.1. The summed E-state index contributed by atoms with van der Waals surface area (Å²) in [6.07, 6.45) is 1.70. The van der Waals surface area contributed by atoms with E-state index in [1.807, 2.05) is 24.3 Å². The fourth-order valence-corrected chi connectivity index (χ4v) is 2.66. The number of ether oxygens (including phenoxy) is 1. The molecule has 0 fully saturated rings. The van der Waals surface area contributed by atoms with Crippen LogP contribution in [0, 0.1) is 11.3 Å².